The van der Waals surface area contributed by atoms with Crippen LogP contribution < -0.4 is 0 Å². The first-order valence-electron chi connectivity index (χ1n) is 12.8. The molecule has 0 atom stereocenters. The van der Waals surface area contributed by atoms with E-state index in [4.69, 9.17) is 0 Å². The molecule has 0 nitrogen and oxygen atoms in total. The highest BCUT2D eigenvalue weighted by molar-refractivity contribution is 5.75. The van der Waals surface area contributed by atoms with E-state index in [-0.39, 0.29) is 11.1 Å². The van der Waals surface area contributed by atoms with Crippen LogP contribution in [0.2, 0.25) is 0 Å². The average Bonchev–Trinajstić information content (AvgIpc) is 2.84. The topological polar surface area (TPSA) is 0 Å². The predicted molar refractivity (Wildman–Crippen MR) is 129 cm³/mol. The number of halogens is 4. The maximum atomic E-state index is 15.0. The van der Waals surface area contributed by atoms with Crippen molar-refractivity contribution in [3.8, 4) is 0 Å². The highest BCUT2D eigenvalue weighted by Gasteiger charge is 2.31. The lowest BCUT2D eigenvalue weighted by atomic mass is 9.68. The Balaban J connectivity index is 1.63. The lowest BCUT2D eigenvalue weighted by molar-refractivity contribution is 0.156. The number of allylic oxidation sites excluding steroid dienone is 5. The van der Waals surface area contributed by atoms with Crippen molar-refractivity contribution in [3.05, 3.63) is 65.3 Å². The minimum Gasteiger partial charge on any atom is -0.212 e. The van der Waals surface area contributed by atoms with E-state index in [0.717, 1.165) is 42.2 Å². The zero-order valence-electron chi connectivity index (χ0n) is 20.1. The second-order valence-corrected chi connectivity index (χ2v) is 9.94. The molecule has 0 bridgehead atoms. The van der Waals surface area contributed by atoms with Gasteiger partial charge in [0.25, 0.3) is 0 Å². The first-order valence-corrected chi connectivity index (χ1v) is 12.8. The zero-order chi connectivity index (χ0) is 23.8. The van der Waals surface area contributed by atoms with Crippen molar-refractivity contribution in [3.63, 3.8) is 0 Å². The maximum Gasteiger partial charge on any atom is 0.186 e. The van der Waals surface area contributed by atoms with Crippen LogP contribution >= 0.6 is 0 Å². The van der Waals surface area contributed by atoms with Crippen molar-refractivity contribution in [2.24, 2.45) is 17.8 Å². The van der Waals surface area contributed by atoms with Gasteiger partial charge < -0.3 is 0 Å². The molecular formula is C29H38F4. The fourth-order valence-corrected chi connectivity index (χ4v) is 6.02. The van der Waals surface area contributed by atoms with E-state index in [0.29, 0.717) is 12.3 Å². The molecule has 1 aromatic rings. The first-order chi connectivity index (χ1) is 16.0. The van der Waals surface area contributed by atoms with E-state index in [1.165, 1.54) is 51.4 Å². The molecule has 0 saturated heterocycles. The van der Waals surface area contributed by atoms with Crippen molar-refractivity contribution in [1.29, 1.82) is 0 Å². The standard InChI is InChI=1S/C29H38F4/c1-3-5-20-7-9-21(10-8-20)22-11-13-23(14-12-22)24-15-16-26(27(31)17-24)25(6-4-2)18-28(32)29(33)19-30/h6,15-23H,3-5,7-14H2,1-2H3/b25-6+,28-18+,29-19-. The predicted octanol–water partition coefficient (Wildman–Crippen LogP) is 10.1. The van der Waals surface area contributed by atoms with E-state index in [1.54, 1.807) is 18.2 Å². The van der Waals surface area contributed by atoms with Crippen LogP contribution in [0.3, 0.4) is 0 Å². The fourth-order valence-electron chi connectivity index (χ4n) is 6.02. The van der Waals surface area contributed by atoms with Crippen LogP contribution in [0.1, 0.15) is 102 Å². The van der Waals surface area contributed by atoms with Crippen LogP contribution in [-0.4, -0.2) is 0 Å². The van der Waals surface area contributed by atoms with Crippen molar-refractivity contribution >= 4 is 5.57 Å². The molecule has 33 heavy (non-hydrogen) atoms. The second-order valence-electron chi connectivity index (χ2n) is 9.94. The minimum atomic E-state index is -1.59. The van der Waals surface area contributed by atoms with Gasteiger partial charge in [0, 0.05) is 5.56 Å². The molecule has 0 radical (unpaired) electrons. The van der Waals surface area contributed by atoms with E-state index >= 15 is 4.39 Å². The number of rotatable bonds is 8. The van der Waals surface area contributed by atoms with Crippen molar-refractivity contribution in [2.45, 2.75) is 90.4 Å². The molecule has 2 aliphatic rings. The van der Waals surface area contributed by atoms with Crippen LogP contribution in [0.15, 0.2) is 48.3 Å². The second kappa shape index (κ2) is 12.6. The molecule has 1 aromatic carbocycles. The smallest absolute Gasteiger partial charge is 0.186 e. The van der Waals surface area contributed by atoms with Gasteiger partial charge in [-0.15, -0.1) is 0 Å². The minimum absolute atomic E-state index is 0.208. The molecule has 0 amide bonds. The van der Waals surface area contributed by atoms with Gasteiger partial charge in [-0.2, -0.15) is 0 Å². The van der Waals surface area contributed by atoms with E-state index < -0.39 is 23.8 Å². The molecule has 0 aliphatic heterocycles. The third-order valence-electron chi connectivity index (χ3n) is 7.83. The SMILES string of the molecule is CC\C=C(/C=C(F)\C(F)=C\F)c1ccc(C2CCC(C3CCC(CCC)CC3)CC2)cc1F. The largest absolute Gasteiger partial charge is 0.212 e. The van der Waals surface area contributed by atoms with Crippen LogP contribution in [0.25, 0.3) is 5.57 Å². The summed E-state index contributed by atoms with van der Waals surface area (Å²) >= 11 is 0. The van der Waals surface area contributed by atoms with Crippen LogP contribution in [0.5, 0.6) is 0 Å². The summed E-state index contributed by atoms with van der Waals surface area (Å²) in [6.45, 7) is 4.11. The Hall–Kier alpha value is -1.84. The Kier molecular flexibility index (Phi) is 9.82. The molecule has 4 heteroatoms. The van der Waals surface area contributed by atoms with Crippen LogP contribution in [0.4, 0.5) is 17.6 Å². The van der Waals surface area contributed by atoms with Crippen molar-refractivity contribution in [1.82, 2.24) is 0 Å². The highest BCUT2D eigenvalue weighted by Crippen LogP contribution is 2.44. The third kappa shape index (κ3) is 6.83. The van der Waals surface area contributed by atoms with Gasteiger partial charge in [0.2, 0.25) is 0 Å². The first kappa shape index (κ1) is 25.8. The zero-order valence-corrected chi connectivity index (χ0v) is 20.1. The monoisotopic (exact) mass is 462 g/mol. The number of hydrogen-bond donors (Lipinski definition) is 0. The van der Waals surface area contributed by atoms with Gasteiger partial charge in [-0.05, 0) is 91.9 Å². The maximum absolute atomic E-state index is 15.0. The molecule has 0 heterocycles. The average molecular weight is 463 g/mol. The fraction of sp³-hybridized carbons (Fsp3) is 0.586. The highest BCUT2D eigenvalue weighted by atomic mass is 19.2. The molecular weight excluding hydrogens is 424 g/mol. The molecule has 182 valence electrons. The summed E-state index contributed by atoms with van der Waals surface area (Å²) in [5.41, 5.74) is 1.41. The summed E-state index contributed by atoms with van der Waals surface area (Å²) in [5.74, 6) is -0.439. The summed E-state index contributed by atoms with van der Waals surface area (Å²) in [5, 5.41) is 0. The summed E-state index contributed by atoms with van der Waals surface area (Å²) in [6.07, 6.45) is 15.3. The Morgan fingerprint density at radius 1 is 0.909 bits per heavy atom. The molecule has 0 spiro atoms. The van der Waals surface area contributed by atoms with Gasteiger partial charge in [-0.25, -0.2) is 17.6 Å². The summed E-state index contributed by atoms with van der Waals surface area (Å²) in [7, 11) is 0. The van der Waals surface area contributed by atoms with E-state index in [9.17, 15) is 13.2 Å². The lowest BCUT2D eigenvalue weighted by Crippen LogP contribution is -2.25. The van der Waals surface area contributed by atoms with E-state index in [2.05, 4.69) is 6.92 Å². The quantitative estimate of drug-likeness (QED) is 0.266. The van der Waals surface area contributed by atoms with Gasteiger partial charge in [0.15, 0.2) is 11.7 Å². The van der Waals surface area contributed by atoms with Gasteiger partial charge in [-0.3, -0.25) is 0 Å². The molecule has 0 unspecified atom stereocenters. The normalized spacial score (nSPS) is 27.6. The third-order valence-corrected chi connectivity index (χ3v) is 7.83. The Morgan fingerprint density at radius 2 is 1.55 bits per heavy atom. The van der Waals surface area contributed by atoms with Gasteiger partial charge in [-0.1, -0.05) is 57.7 Å². The molecule has 2 fully saturated rings. The summed E-state index contributed by atoms with van der Waals surface area (Å²) in [4.78, 5) is 0. The molecule has 2 aliphatic carbocycles. The van der Waals surface area contributed by atoms with Crippen LogP contribution in [-0.2, 0) is 0 Å². The molecule has 3 rings (SSSR count). The van der Waals surface area contributed by atoms with Gasteiger partial charge >= 0.3 is 0 Å². The van der Waals surface area contributed by atoms with E-state index in [1.807, 2.05) is 13.0 Å². The number of hydrogen-bond acceptors (Lipinski definition) is 0. The molecule has 0 N–H and O–H groups in total. The van der Waals surface area contributed by atoms with Gasteiger partial charge in [0.1, 0.15) is 12.1 Å². The molecule has 2 saturated carbocycles. The summed E-state index contributed by atoms with van der Waals surface area (Å²) < 4.78 is 54.3. The van der Waals surface area contributed by atoms with Crippen molar-refractivity contribution in [2.75, 3.05) is 0 Å². The number of benzene rings is 1. The van der Waals surface area contributed by atoms with Crippen molar-refractivity contribution < 1.29 is 17.6 Å². The summed E-state index contributed by atoms with van der Waals surface area (Å²) in [6, 6.07) is 5.11. The van der Waals surface area contributed by atoms with Gasteiger partial charge in [0.05, 0.1) is 0 Å². The van der Waals surface area contributed by atoms with Crippen LogP contribution in [0, 0.1) is 23.6 Å². The lowest BCUT2D eigenvalue weighted by Gasteiger charge is -2.38. The molecule has 0 aromatic heterocycles. The Morgan fingerprint density at radius 3 is 2.09 bits per heavy atom. The Bertz CT molecular complexity index is 850. The Labute approximate surface area is 196 Å².